The Morgan fingerprint density at radius 2 is 2.24 bits per heavy atom. The van der Waals surface area contributed by atoms with Crippen LogP contribution in [0.4, 0.5) is 0 Å². The highest BCUT2D eigenvalue weighted by Crippen LogP contribution is 2.18. The topological polar surface area (TPSA) is 61.7 Å². The van der Waals surface area contributed by atoms with E-state index < -0.39 is 0 Å². The van der Waals surface area contributed by atoms with Gasteiger partial charge in [0, 0.05) is 25.5 Å². The highest BCUT2D eigenvalue weighted by molar-refractivity contribution is 5.22. The van der Waals surface area contributed by atoms with Crippen molar-refractivity contribution in [2.75, 3.05) is 0 Å². The Labute approximate surface area is 101 Å². The molecule has 2 aromatic heterocycles. The van der Waals surface area contributed by atoms with Gasteiger partial charge in [-0.3, -0.25) is 9.36 Å². The molecule has 1 unspecified atom stereocenters. The second kappa shape index (κ2) is 4.71. The van der Waals surface area contributed by atoms with Gasteiger partial charge in [0.25, 0.3) is 0 Å². The average molecular weight is 233 g/mol. The van der Waals surface area contributed by atoms with Gasteiger partial charge in [-0.05, 0) is 25.5 Å². The van der Waals surface area contributed by atoms with Crippen LogP contribution in [0, 0.1) is 6.92 Å². The molecule has 5 heteroatoms. The quantitative estimate of drug-likeness (QED) is 0.868. The zero-order valence-corrected chi connectivity index (χ0v) is 10.6. The maximum absolute atomic E-state index is 6.24. The van der Waals surface area contributed by atoms with Crippen LogP contribution in [0.25, 0.3) is 0 Å². The standard InChI is InChI=1S/C12H19N5/c1-4-7-17-11(5-6-14-17)12(13)10-8-9(2)16(3)15-10/h5-6,8,12H,4,7,13H2,1-3H3. The van der Waals surface area contributed by atoms with Gasteiger partial charge in [0.05, 0.1) is 17.4 Å². The van der Waals surface area contributed by atoms with Crippen molar-refractivity contribution in [2.45, 2.75) is 32.9 Å². The van der Waals surface area contributed by atoms with Crippen LogP contribution >= 0.6 is 0 Å². The van der Waals surface area contributed by atoms with Gasteiger partial charge in [-0.2, -0.15) is 10.2 Å². The van der Waals surface area contributed by atoms with Gasteiger partial charge in [-0.1, -0.05) is 6.92 Å². The van der Waals surface area contributed by atoms with E-state index in [1.807, 2.05) is 35.5 Å². The summed E-state index contributed by atoms with van der Waals surface area (Å²) in [5.41, 5.74) is 9.26. The van der Waals surface area contributed by atoms with Crippen molar-refractivity contribution in [1.82, 2.24) is 19.6 Å². The van der Waals surface area contributed by atoms with E-state index in [1.54, 1.807) is 6.20 Å². The molecule has 2 aromatic rings. The lowest BCUT2D eigenvalue weighted by Crippen LogP contribution is -2.18. The van der Waals surface area contributed by atoms with Crippen LogP contribution in [0.15, 0.2) is 18.3 Å². The Morgan fingerprint density at radius 1 is 1.47 bits per heavy atom. The number of hydrogen-bond donors (Lipinski definition) is 1. The summed E-state index contributed by atoms with van der Waals surface area (Å²) >= 11 is 0. The van der Waals surface area contributed by atoms with Crippen LogP contribution in [0.5, 0.6) is 0 Å². The Hall–Kier alpha value is -1.62. The minimum Gasteiger partial charge on any atom is -0.318 e. The zero-order valence-electron chi connectivity index (χ0n) is 10.6. The highest BCUT2D eigenvalue weighted by atomic mass is 15.3. The van der Waals surface area contributed by atoms with Crippen LogP contribution in [0.1, 0.15) is 36.5 Å². The van der Waals surface area contributed by atoms with E-state index in [9.17, 15) is 0 Å². The monoisotopic (exact) mass is 233 g/mol. The van der Waals surface area contributed by atoms with Gasteiger partial charge >= 0.3 is 0 Å². The third kappa shape index (κ3) is 2.24. The minimum atomic E-state index is -0.205. The first-order chi connectivity index (χ1) is 8.13. The van der Waals surface area contributed by atoms with Gasteiger partial charge < -0.3 is 5.73 Å². The molecule has 0 saturated carbocycles. The zero-order chi connectivity index (χ0) is 12.4. The van der Waals surface area contributed by atoms with Crippen LogP contribution in [0.2, 0.25) is 0 Å². The van der Waals surface area contributed by atoms with E-state index in [1.165, 1.54) is 0 Å². The maximum Gasteiger partial charge on any atom is 0.0915 e. The summed E-state index contributed by atoms with van der Waals surface area (Å²) in [6.45, 7) is 5.04. The van der Waals surface area contributed by atoms with E-state index in [0.717, 1.165) is 30.0 Å². The lowest BCUT2D eigenvalue weighted by molar-refractivity contribution is 0.554. The Morgan fingerprint density at radius 3 is 2.82 bits per heavy atom. The third-order valence-electron chi connectivity index (χ3n) is 2.95. The van der Waals surface area contributed by atoms with Crippen LogP contribution < -0.4 is 5.73 Å². The summed E-state index contributed by atoms with van der Waals surface area (Å²) in [6.07, 6.45) is 2.84. The molecule has 2 N–H and O–H groups in total. The smallest absolute Gasteiger partial charge is 0.0915 e. The molecule has 0 radical (unpaired) electrons. The molecule has 5 nitrogen and oxygen atoms in total. The van der Waals surface area contributed by atoms with E-state index in [4.69, 9.17) is 5.73 Å². The molecule has 0 saturated heterocycles. The molecule has 2 heterocycles. The summed E-state index contributed by atoms with van der Waals surface area (Å²) in [5.74, 6) is 0. The second-order valence-corrected chi connectivity index (χ2v) is 4.29. The molecule has 0 aromatic carbocycles. The Balaban J connectivity index is 2.29. The first kappa shape index (κ1) is 11.9. The van der Waals surface area contributed by atoms with Gasteiger partial charge in [0.2, 0.25) is 0 Å². The molecule has 0 aliphatic carbocycles. The van der Waals surface area contributed by atoms with E-state index in [0.29, 0.717) is 0 Å². The molecule has 92 valence electrons. The fraction of sp³-hybridized carbons (Fsp3) is 0.500. The van der Waals surface area contributed by atoms with Crippen molar-refractivity contribution in [3.8, 4) is 0 Å². The number of hydrogen-bond acceptors (Lipinski definition) is 3. The number of nitrogens with two attached hydrogens (primary N) is 1. The SMILES string of the molecule is CCCn1nccc1C(N)c1cc(C)n(C)n1. The van der Waals surface area contributed by atoms with Crippen LogP contribution in [-0.4, -0.2) is 19.6 Å². The summed E-state index contributed by atoms with van der Waals surface area (Å²) in [6, 6.07) is 3.78. The molecule has 17 heavy (non-hydrogen) atoms. The largest absolute Gasteiger partial charge is 0.318 e. The molecular weight excluding hydrogens is 214 g/mol. The van der Waals surface area contributed by atoms with Crippen molar-refractivity contribution >= 4 is 0 Å². The molecule has 0 aliphatic rings. The van der Waals surface area contributed by atoms with Crippen molar-refractivity contribution in [3.05, 3.63) is 35.4 Å². The number of nitrogens with zero attached hydrogens (tertiary/aromatic N) is 4. The number of rotatable bonds is 4. The maximum atomic E-state index is 6.24. The first-order valence-corrected chi connectivity index (χ1v) is 5.91. The van der Waals surface area contributed by atoms with E-state index in [-0.39, 0.29) is 6.04 Å². The molecule has 0 fully saturated rings. The Kier molecular flexibility index (Phi) is 3.28. The van der Waals surface area contributed by atoms with Crippen molar-refractivity contribution in [2.24, 2.45) is 12.8 Å². The number of aryl methyl sites for hydroxylation is 3. The summed E-state index contributed by atoms with van der Waals surface area (Å²) in [5, 5.41) is 8.70. The molecule has 0 aliphatic heterocycles. The third-order valence-corrected chi connectivity index (χ3v) is 2.95. The molecule has 0 bridgehead atoms. The first-order valence-electron chi connectivity index (χ1n) is 5.91. The highest BCUT2D eigenvalue weighted by Gasteiger charge is 2.16. The molecule has 0 spiro atoms. The Bertz CT molecular complexity index is 477. The van der Waals surface area contributed by atoms with Crippen molar-refractivity contribution in [1.29, 1.82) is 0 Å². The molecular formula is C12H19N5. The fourth-order valence-corrected chi connectivity index (χ4v) is 1.90. The van der Waals surface area contributed by atoms with Gasteiger partial charge in [0.15, 0.2) is 0 Å². The summed E-state index contributed by atoms with van der Waals surface area (Å²) in [7, 11) is 1.93. The van der Waals surface area contributed by atoms with Gasteiger partial charge in [-0.25, -0.2) is 0 Å². The predicted octanol–water partition coefficient (Wildman–Crippen LogP) is 1.38. The molecule has 1 atom stereocenters. The molecule has 2 rings (SSSR count). The van der Waals surface area contributed by atoms with E-state index in [2.05, 4.69) is 17.1 Å². The normalized spacial score (nSPS) is 12.9. The lowest BCUT2D eigenvalue weighted by Gasteiger charge is -2.11. The van der Waals surface area contributed by atoms with Gasteiger partial charge in [-0.15, -0.1) is 0 Å². The summed E-state index contributed by atoms with van der Waals surface area (Å²) in [4.78, 5) is 0. The van der Waals surface area contributed by atoms with Gasteiger partial charge in [0.1, 0.15) is 0 Å². The van der Waals surface area contributed by atoms with Crippen LogP contribution in [-0.2, 0) is 13.6 Å². The van der Waals surface area contributed by atoms with Crippen molar-refractivity contribution in [3.63, 3.8) is 0 Å². The van der Waals surface area contributed by atoms with Crippen molar-refractivity contribution < 1.29 is 0 Å². The van der Waals surface area contributed by atoms with Crippen LogP contribution in [0.3, 0.4) is 0 Å². The number of aromatic nitrogens is 4. The molecule has 0 amide bonds. The van der Waals surface area contributed by atoms with E-state index >= 15 is 0 Å². The predicted molar refractivity (Wildman–Crippen MR) is 66.5 cm³/mol. The fourth-order valence-electron chi connectivity index (χ4n) is 1.90. The summed E-state index contributed by atoms with van der Waals surface area (Å²) < 4.78 is 3.80. The average Bonchev–Trinajstić information content (AvgIpc) is 2.87. The second-order valence-electron chi connectivity index (χ2n) is 4.29. The minimum absolute atomic E-state index is 0.205. The lowest BCUT2D eigenvalue weighted by atomic mass is 10.1.